The van der Waals surface area contributed by atoms with Gasteiger partial charge in [-0.3, -0.25) is 0 Å². The number of rotatable bonds is 0. The maximum Gasteiger partial charge on any atom is 2.00 e. The largest absolute Gasteiger partial charge is 2.00 e. The molecule has 0 aromatic rings. The van der Waals surface area contributed by atoms with Crippen LogP contribution >= 0.6 is 0 Å². The van der Waals surface area contributed by atoms with E-state index in [0.29, 0.717) is 0 Å². The molecule has 46 valence electrons. The second kappa shape index (κ2) is 15.2. The monoisotopic (exact) mass is 334 g/mol. The Morgan fingerprint density at radius 3 is 0.889 bits per heavy atom. The molecular weight excluding hydrogens is 325 g/mol. The molecule has 4 N–H and O–H groups in total. The molecule has 0 atom stereocenters. The van der Waals surface area contributed by atoms with E-state index < -0.39 is 9.05 Å². The summed E-state index contributed by atoms with van der Waals surface area (Å²) in [6, 6.07) is 0. The average Bonchev–Trinajstić information content (AvgIpc) is 0.722. The summed E-state index contributed by atoms with van der Waals surface area (Å²) in [6.45, 7) is 0. The first-order valence-electron chi connectivity index (χ1n) is 0.894. The van der Waals surface area contributed by atoms with E-state index >= 15 is 0 Å². The van der Waals surface area contributed by atoms with Crippen LogP contribution in [0.15, 0.2) is 0 Å². The molecule has 0 unspecified atom stereocenters. The molecule has 0 aliphatic rings. The number of hydrogen-bond acceptors (Lipinski definition) is 4. The smallest absolute Gasteiger partial charge is 1.00 e. The minimum Gasteiger partial charge on any atom is -1.00 e. The SMILES string of the molecule is O[Si](O)(O)O.[Ca+2].[Ca+2].[H-].[H-].[H-].[H-].[H-].[H-].[Sr+2].[Zn]. The van der Waals surface area contributed by atoms with Gasteiger partial charge in [-0.1, -0.05) is 0 Å². The Balaban J connectivity index is -0.00000000178. The first-order chi connectivity index (χ1) is 2.00. The van der Waals surface area contributed by atoms with Crippen molar-refractivity contribution < 1.29 is 47.2 Å². The van der Waals surface area contributed by atoms with Gasteiger partial charge >= 0.3 is 130 Å². The summed E-state index contributed by atoms with van der Waals surface area (Å²) in [5, 5.41) is 0. The molecule has 0 amide bonds. The minimum absolute atomic E-state index is 0. The van der Waals surface area contributed by atoms with Crippen LogP contribution in [0.2, 0.25) is 0 Å². The van der Waals surface area contributed by atoms with E-state index in [1.165, 1.54) is 0 Å². The summed E-state index contributed by atoms with van der Waals surface area (Å²) in [7, 11) is -4.61. The average molecular weight is 335 g/mol. The van der Waals surface area contributed by atoms with Crippen molar-refractivity contribution in [2.24, 2.45) is 0 Å². The first-order valence-corrected chi connectivity index (χ1v) is 2.68. The Kier molecular flexibility index (Phi) is 49.2. The zero-order valence-corrected chi connectivity index (χ0v) is 17.0. The molecule has 0 aromatic heterocycles. The van der Waals surface area contributed by atoms with Crippen LogP contribution in [-0.2, 0) is 19.5 Å². The Bertz CT molecular complexity index is 48.6. The van der Waals surface area contributed by atoms with Gasteiger partial charge in [0.1, 0.15) is 0 Å². The Morgan fingerprint density at radius 2 is 0.889 bits per heavy atom. The second-order valence-electron chi connectivity index (χ2n) is 0.600. The van der Waals surface area contributed by atoms with Gasteiger partial charge in [0, 0.05) is 19.5 Å². The quantitative estimate of drug-likeness (QED) is 0.354. The molecule has 9 heavy (non-hydrogen) atoms. The van der Waals surface area contributed by atoms with Crippen molar-refractivity contribution in [3.63, 3.8) is 0 Å². The van der Waals surface area contributed by atoms with E-state index in [4.69, 9.17) is 19.2 Å². The zero-order valence-electron chi connectivity index (χ0n) is 11.1. The fraction of sp³-hybridized carbons (Fsp3) is 0. The fourth-order valence-electron chi connectivity index (χ4n) is 0. The minimum atomic E-state index is -4.61. The molecule has 0 aliphatic carbocycles. The van der Waals surface area contributed by atoms with Crippen LogP contribution in [-0.4, -0.2) is 149 Å². The van der Waals surface area contributed by atoms with Crippen molar-refractivity contribution in [3.05, 3.63) is 0 Å². The maximum atomic E-state index is 7.33. The predicted octanol–water partition coefficient (Wildman–Crippen LogP) is -3.08. The van der Waals surface area contributed by atoms with Gasteiger partial charge in [-0.15, -0.1) is 0 Å². The molecule has 0 spiro atoms. The summed E-state index contributed by atoms with van der Waals surface area (Å²) in [4.78, 5) is 29.3. The molecular formula is H10Ca2O4SiSrZn. The fourth-order valence-corrected chi connectivity index (χ4v) is 0. The summed E-state index contributed by atoms with van der Waals surface area (Å²) in [6.07, 6.45) is 0. The van der Waals surface area contributed by atoms with Crippen LogP contribution < -0.4 is 0 Å². The Morgan fingerprint density at radius 1 is 0.889 bits per heavy atom. The summed E-state index contributed by atoms with van der Waals surface area (Å²) < 4.78 is 0. The summed E-state index contributed by atoms with van der Waals surface area (Å²) in [5.41, 5.74) is 0. The van der Waals surface area contributed by atoms with Crippen molar-refractivity contribution in [3.8, 4) is 0 Å². The van der Waals surface area contributed by atoms with Gasteiger partial charge in [-0.25, -0.2) is 0 Å². The third-order valence-corrected chi connectivity index (χ3v) is 0. The molecule has 0 aliphatic heterocycles. The van der Waals surface area contributed by atoms with Crippen molar-refractivity contribution in [2.45, 2.75) is 0 Å². The van der Waals surface area contributed by atoms with Crippen molar-refractivity contribution in [1.29, 1.82) is 0 Å². The third kappa shape index (κ3) is 66.0. The standard InChI is InChI=1S/2Ca.H4O4Si.Sr.Zn.6H/c;;1-5(2,3)4;;;;;;;;/h;;1-4H;;;;;;;;/q2*+2;;+2;;6*-1. The predicted molar refractivity (Wildman–Crippen MR) is 38.6 cm³/mol. The van der Waals surface area contributed by atoms with Gasteiger partial charge in [0.05, 0.1) is 0 Å². The van der Waals surface area contributed by atoms with Gasteiger partial charge < -0.3 is 27.7 Å². The van der Waals surface area contributed by atoms with Gasteiger partial charge in [-0.2, -0.15) is 0 Å². The zero-order chi connectivity index (χ0) is 4.50. The molecule has 9 heteroatoms. The van der Waals surface area contributed by atoms with E-state index in [2.05, 4.69) is 0 Å². The molecule has 0 saturated carbocycles. The Labute approximate surface area is 173 Å². The molecule has 0 aromatic carbocycles. The van der Waals surface area contributed by atoms with Gasteiger partial charge in [0.2, 0.25) is 0 Å². The molecule has 0 saturated heterocycles. The van der Waals surface area contributed by atoms with E-state index in [9.17, 15) is 0 Å². The van der Waals surface area contributed by atoms with Crippen LogP contribution in [0.3, 0.4) is 0 Å². The third-order valence-electron chi connectivity index (χ3n) is 0. The molecule has 0 heterocycles. The van der Waals surface area contributed by atoms with E-state index in [0.717, 1.165) is 0 Å². The van der Waals surface area contributed by atoms with Crippen molar-refractivity contribution >= 4 is 130 Å². The molecule has 4 nitrogen and oxygen atoms in total. The first kappa shape index (κ1) is 29.2. The second-order valence-corrected chi connectivity index (χ2v) is 1.80. The van der Waals surface area contributed by atoms with Gasteiger partial charge in [0.15, 0.2) is 0 Å². The van der Waals surface area contributed by atoms with E-state index in [1.54, 1.807) is 0 Å². The van der Waals surface area contributed by atoms with Crippen LogP contribution in [0.4, 0.5) is 0 Å². The van der Waals surface area contributed by atoms with Gasteiger partial charge in [-0.05, 0) is 0 Å². The summed E-state index contributed by atoms with van der Waals surface area (Å²) >= 11 is 0. The van der Waals surface area contributed by atoms with Crippen LogP contribution in [0.25, 0.3) is 0 Å². The van der Waals surface area contributed by atoms with Crippen molar-refractivity contribution in [1.82, 2.24) is 0 Å². The van der Waals surface area contributed by atoms with Gasteiger partial charge in [0.25, 0.3) is 0 Å². The normalized spacial score (nSPS) is 6.67. The van der Waals surface area contributed by atoms with E-state index in [-0.39, 0.29) is 149 Å². The van der Waals surface area contributed by atoms with Crippen LogP contribution in [0.1, 0.15) is 8.56 Å². The van der Waals surface area contributed by atoms with Crippen LogP contribution in [0, 0.1) is 0 Å². The maximum absolute atomic E-state index is 7.33. The van der Waals surface area contributed by atoms with Crippen LogP contribution in [0.5, 0.6) is 0 Å². The van der Waals surface area contributed by atoms with E-state index in [1.807, 2.05) is 0 Å². The number of hydrogen-bond donors (Lipinski definition) is 4. The summed E-state index contributed by atoms with van der Waals surface area (Å²) in [5.74, 6) is 0. The molecule has 0 bridgehead atoms. The van der Waals surface area contributed by atoms with Crippen molar-refractivity contribution in [2.75, 3.05) is 0 Å². The molecule has 0 rings (SSSR count). The molecule has 0 fully saturated rings. The topological polar surface area (TPSA) is 80.9 Å². The Hall–Kier alpha value is 4.68. The molecule has 0 radical (unpaired) electrons.